The van der Waals surface area contributed by atoms with Gasteiger partial charge in [0.2, 0.25) is 11.8 Å². The van der Waals surface area contributed by atoms with Gasteiger partial charge in [0.15, 0.2) is 0 Å². The maximum absolute atomic E-state index is 14.1. The van der Waals surface area contributed by atoms with Crippen LogP contribution >= 0.6 is 22.9 Å². The van der Waals surface area contributed by atoms with Gasteiger partial charge >= 0.3 is 12.2 Å². The number of nitrogens with zero attached hydrogens (tertiary/aromatic N) is 5. The minimum atomic E-state index is -4.67. The summed E-state index contributed by atoms with van der Waals surface area (Å²) < 4.78 is 42.0. The van der Waals surface area contributed by atoms with E-state index in [4.69, 9.17) is 11.6 Å². The van der Waals surface area contributed by atoms with Crippen molar-refractivity contribution in [3.05, 3.63) is 69.1 Å². The van der Waals surface area contributed by atoms with Crippen molar-refractivity contribution in [2.45, 2.75) is 44.3 Å². The first-order chi connectivity index (χ1) is 23.5. The summed E-state index contributed by atoms with van der Waals surface area (Å²) >= 11 is 7.86. The van der Waals surface area contributed by atoms with Gasteiger partial charge in [0.25, 0.3) is 0 Å². The Labute approximate surface area is 292 Å². The molecule has 0 bridgehead atoms. The number of fused-ring (bicyclic) bond motifs is 1. The zero-order valence-corrected chi connectivity index (χ0v) is 28.7. The maximum atomic E-state index is 14.1. The molecule has 0 saturated carbocycles. The summed E-state index contributed by atoms with van der Waals surface area (Å²) in [6, 6.07) is 6.08. The Kier molecular flexibility index (Phi) is 10.5. The molecule has 49 heavy (non-hydrogen) atoms. The minimum absolute atomic E-state index is 0.0283. The SMILES string of the molecule is CNc1c(Cl)cc(C[C@@H](CC(=O)N2CCC(N3CCc4cscc4NC3=O)CC2)C(=O)N2CCN(c3ccncc3)CC2)cc1C(F)(F)F. The summed E-state index contributed by atoms with van der Waals surface area (Å²) in [4.78, 5) is 52.3. The van der Waals surface area contributed by atoms with E-state index in [0.717, 1.165) is 29.4 Å². The lowest BCUT2D eigenvalue weighted by Crippen LogP contribution is -2.52. The van der Waals surface area contributed by atoms with Crippen molar-refractivity contribution in [3.8, 4) is 0 Å². The molecule has 1 atom stereocenters. The summed E-state index contributed by atoms with van der Waals surface area (Å²) in [6.07, 6.45) is 0.471. The smallest absolute Gasteiger partial charge is 0.386 e. The highest BCUT2D eigenvalue weighted by molar-refractivity contribution is 7.08. The maximum Gasteiger partial charge on any atom is 0.418 e. The van der Waals surface area contributed by atoms with Crippen LogP contribution in [0.1, 0.15) is 36.0 Å². The van der Waals surface area contributed by atoms with Gasteiger partial charge in [-0.05, 0) is 66.5 Å². The van der Waals surface area contributed by atoms with Crippen molar-refractivity contribution in [2.24, 2.45) is 5.92 Å². The number of thiophene rings is 1. The Bertz CT molecular complexity index is 1660. The highest BCUT2D eigenvalue weighted by Crippen LogP contribution is 2.40. The van der Waals surface area contributed by atoms with E-state index in [-0.39, 0.29) is 53.0 Å². The number of hydrogen-bond donors (Lipinski definition) is 2. The largest absolute Gasteiger partial charge is 0.418 e. The van der Waals surface area contributed by atoms with Crippen LogP contribution in [0.4, 0.5) is 35.0 Å². The number of halogens is 4. The predicted octanol–water partition coefficient (Wildman–Crippen LogP) is 5.84. The first-order valence-electron chi connectivity index (χ1n) is 16.4. The number of aromatic nitrogens is 1. The topological polar surface area (TPSA) is 101 Å². The molecule has 6 rings (SSSR count). The molecule has 0 spiro atoms. The molecular weight excluding hydrogens is 679 g/mol. The number of piperidine rings is 1. The lowest BCUT2D eigenvalue weighted by Gasteiger charge is -2.39. The van der Waals surface area contributed by atoms with E-state index in [1.54, 1.807) is 33.5 Å². The van der Waals surface area contributed by atoms with Crippen molar-refractivity contribution < 1.29 is 27.6 Å². The van der Waals surface area contributed by atoms with Gasteiger partial charge in [-0.25, -0.2) is 4.79 Å². The van der Waals surface area contributed by atoms with Gasteiger partial charge < -0.3 is 30.2 Å². The first-order valence-corrected chi connectivity index (χ1v) is 17.8. The third-order valence-electron chi connectivity index (χ3n) is 9.70. The van der Waals surface area contributed by atoms with Crippen LogP contribution in [0.5, 0.6) is 0 Å². The van der Waals surface area contributed by atoms with Gasteiger partial charge in [-0.15, -0.1) is 11.3 Å². The predicted molar refractivity (Wildman–Crippen MR) is 184 cm³/mol. The fourth-order valence-corrected chi connectivity index (χ4v) is 8.22. The second-order valence-corrected chi connectivity index (χ2v) is 13.8. The van der Waals surface area contributed by atoms with Crippen LogP contribution in [0, 0.1) is 5.92 Å². The van der Waals surface area contributed by atoms with Crippen LogP contribution < -0.4 is 15.5 Å². The summed E-state index contributed by atoms with van der Waals surface area (Å²) in [6.45, 7) is 3.39. The zero-order valence-electron chi connectivity index (χ0n) is 27.1. The number of carbonyl (C=O) groups is 3. The van der Waals surface area contributed by atoms with Crippen molar-refractivity contribution in [2.75, 3.05) is 68.4 Å². The molecule has 0 radical (unpaired) electrons. The molecular formula is C34H39ClF3N7O3S. The van der Waals surface area contributed by atoms with Crippen LogP contribution in [-0.4, -0.2) is 96.4 Å². The third kappa shape index (κ3) is 7.90. The van der Waals surface area contributed by atoms with Crippen molar-refractivity contribution in [3.63, 3.8) is 0 Å². The van der Waals surface area contributed by atoms with Gasteiger partial charge in [-0.3, -0.25) is 14.6 Å². The average Bonchev–Trinajstić information content (AvgIpc) is 3.47. The summed E-state index contributed by atoms with van der Waals surface area (Å²) in [7, 11) is 1.37. The second kappa shape index (κ2) is 14.8. The van der Waals surface area contributed by atoms with E-state index >= 15 is 0 Å². The van der Waals surface area contributed by atoms with Crippen LogP contribution in [0.15, 0.2) is 47.4 Å². The molecule has 3 aromatic rings. The number of pyridine rings is 1. The monoisotopic (exact) mass is 717 g/mol. The number of piperazine rings is 1. The summed E-state index contributed by atoms with van der Waals surface area (Å²) in [5, 5.41) is 9.40. The number of alkyl halides is 3. The third-order valence-corrected chi connectivity index (χ3v) is 10.8. The van der Waals surface area contributed by atoms with Gasteiger partial charge in [-0.2, -0.15) is 13.2 Å². The van der Waals surface area contributed by atoms with Crippen molar-refractivity contribution >= 4 is 57.8 Å². The molecule has 2 N–H and O–H groups in total. The van der Waals surface area contributed by atoms with Gasteiger partial charge in [0.05, 0.1) is 27.9 Å². The molecule has 0 aliphatic carbocycles. The molecule has 2 aromatic heterocycles. The molecule has 2 saturated heterocycles. The fourth-order valence-electron chi connectivity index (χ4n) is 7.06. The fraction of sp³-hybridized carbons (Fsp3) is 0.471. The average molecular weight is 718 g/mol. The second-order valence-electron chi connectivity index (χ2n) is 12.7. The molecule has 10 nitrogen and oxygen atoms in total. The number of rotatable bonds is 8. The van der Waals surface area contributed by atoms with E-state index < -0.39 is 17.7 Å². The number of hydrogen-bond acceptors (Lipinski definition) is 7. The number of benzene rings is 1. The van der Waals surface area contributed by atoms with Gasteiger partial charge in [-0.1, -0.05) is 11.6 Å². The van der Waals surface area contributed by atoms with Crippen LogP contribution in [-0.2, 0) is 28.6 Å². The number of urea groups is 1. The zero-order chi connectivity index (χ0) is 34.7. The van der Waals surface area contributed by atoms with Crippen molar-refractivity contribution in [1.29, 1.82) is 0 Å². The normalized spacial score (nSPS) is 18.1. The highest BCUT2D eigenvalue weighted by atomic mass is 35.5. The van der Waals surface area contributed by atoms with Crippen LogP contribution in [0.25, 0.3) is 0 Å². The Morgan fingerprint density at radius 3 is 2.43 bits per heavy atom. The van der Waals surface area contributed by atoms with Crippen LogP contribution in [0.2, 0.25) is 5.02 Å². The lowest BCUT2D eigenvalue weighted by atomic mass is 9.91. The summed E-state index contributed by atoms with van der Waals surface area (Å²) in [5.41, 5.74) is 2.04. The Hall–Kier alpha value is -4.04. The van der Waals surface area contributed by atoms with Crippen LogP contribution in [0.3, 0.4) is 0 Å². The molecule has 4 amide bonds. The molecule has 0 unspecified atom stereocenters. The van der Waals surface area contributed by atoms with Gasteiger partial charge in [0.1, 0.15) is 0 Å². The number of carbonyl (C=O) groups excluding carboxylic acids is 3. The number of likely N-dealkylation sites (tertiary alicyclic amines) is 1. The number of nitrogens with one attached hydrogen (secondary N) is 2. The molecule has 15 heteroatoms. The first kappa shape index (κ1) is 34.8. The number of amides is 4. The molecule has 1 aromatic carbocycles. The van der Waals surface area contributed by atoms with E-state index in [9.17, 15) is 27.6 Å². The Morgan fingerprint density at radius 1 is 1.04 bits per heavy atom. The van der Waals surface area contributed by atoms with E-state index in [2.05, 4.69) is 20.5 Å². The minimum Gasteiger partial charge on any atom is -0.386 e. The molecule has 3 aliphatic rings. The molecule has 5 heterocycles. The highest BCUT2D eigenvalue weighted by Gasteiger charge is 2.37. The molecule has 3 aliphatic heterocycles. The molecule has 2 fully saturated rings. The van der Waals surface area contributed by atoms with E-state index in [1.165, 1.54) is 13.1 Å². The van der Waals surface area contributed by atoms with E-state index in [0.29, 0.717) is 58.7 Å². The lowest BCUT2D eigenvalue weighted by molar-refractivity contribution is -0.142. The summed E-state index contributed by atoms with van der Waals surface area (Å²) in [5.74, 6) is -1.39. The Balaban J connectivity index is 1.15. The molecule has 262 valence electrons. The van der Waals surface area contributed by atoms with Crippen molar-refractivity contribution in [1.82, 2.24) is 19.7 Å². The number of anilines is 3. The quantitative estimate of drug-likeness (QED) is 0.304. The van der Waals surface area contributed by atoms with E-state index in [1.807, 2.05) is 27.8 Å². The standard InChI is InChI=1S/C34H39ClF3N7O3S/c1-39-31-27(34(36,37)38)17-22(18-28(31)35)16-24(32(47)44-14-12-42(13-15-44)25-2-7-40-8-3-25)19-30(46)43-9-5-26(6-10-43)45-11-4-23-20-49-21-29(23)41-33(45)48/h2-3,7-8,17-18,20-21,24,26,39H,4-6,9-16,19H2,1H3,(H,41,48)/t24-/m0/s1. The Morgan fingerprint density at radius 2 is 1.76 bits per heavy atom. The van der Waals surface area contributed by atoms with Gasteiger partial charge in [0, 0.05) is 88.8 Å².